The van der Waals surface area contributed by atoms with Crippen LogP contribution in [0.2, 0.25) is 0 Å². The highest BCUT2D eigenvalue weighted by atomic mass is 32.2. The van der Waals surface area contributed by atoms with Crippen molar-refractivity contribution >= 4 is 27.9 Å². The van der Waals surface area contributed by atoms with E-state index in [-0.39, 0.29) is 56.3 Å². The quantitative estimate of drug-likeness (QED) is 0.486. The lowest BCUT2D eigenvalue weighted by Gasteiger charge is -2.31. The number of ether oxygens (including phenoxy) is 2. The first-order valence-corrected chi connectivity index (χ1v) is 16.3. The maximum atomic E-state index is 14.6. The lowest BCUT2D eigenvalue weighted by atomic mass is 9.86. The van der Waals surface area contributed by atoms with Crippen LogP contribution in [0.1, 0.15) is 56.8 Å². The first-order chi connectivity index (χ1) is 20.3. The van der Waals surface area contributed by atoms with Crippen LogP contribution in [0.5, 0.6) is 0 Å². The number of benzene rings is 1. The van der Waals surface area contributed by atoms with Gasteiger partial charge >= 0.3 is 6.09 Å². The molecule has 1 unspecified atom stereocenters. The summed E-state index contributed by atoms with van der Waals surface area (Å²) in [7, 11) is -4.23. The van der Waals surface area contributed by atoms with Crippen LogP contribution < -0.4 is 10.0 Å². The molecule has 3 heterocycles. The van der Waals surface area contributed by atoms with Gasteiger partial charge in [-0.25, -0.2) is 22.3 Å². The highest BCUT2D eigenvalue weighted by Crippen LogP contribution is 2.39. The molecule has 236 valence electrons. The summed E-state index contributed by atoms with van der Waals surface area (Å²) in [4.78, 5) is 43.0. The molecular weight excluding hydrogens is 579 g/mol. The number of amides is 3. The Hall–Kier alpha value is -3.03. The standard InChI is InChI=1S/C30H41FN4O7S/c1-29(2,3)42-28(38)34-12-10-30(18-34)19-41-13-5-4-11-32-43(39,40)25-15-21(8-9-23(25)31)26(36)35-16-22(14-20-6-7-20)24(17-35)33-27(30)37/h4-5,8-9,15,20,22,24,32H,6-7,10-14,16-19H2,1-3H3,(H,33,37)/b5-4+/t22-,24-,30?/m1/s1. The predicted molar refractivity (Wildman–Crippen MR) is 155 cm³/mol. The van der Waals surface area contributed by atoms with Crippen LogP contribution in [0.3, 0.4) is 0 Å². The summed E-state index contributed by atoms with van der Waals surface area (Å²) >= 11 is 0. The summed E-state index contributed by atoms with van der Waals surface area (Å²) in [6.07, 6.45) is 6.07. The van der Waals surface area contributed by atoms with E-state index in [2.05, 4.69) is 10.0 Å². The topological polar surface area (TPSA) is 134 Å². The third kappa shape index (κ3) is 7.38. The molecule has 2 saturated heterocycles. The molecule has 3 amide bonds. The van der Waals surface area contributed by atoms with Gasteiger partial charge in [-0.1, -0.05) is 25.0 Å². The molecule has 11 nitrogen and oxygen atoms in total. The zero-order valence-corrected chi connectivity index (χ0v) is 25.8. The monoisotopic (exact) mass is 620 g/mol. The molecule has 3 atom stereocenters. The van der Waals surface area contributed by atoms with Gasteiger partial charge in [-0.05, 0) is 63.6 Å². The van der Waals surface area contributed by atoms with Gasteiger partial charge in [0.1, 0.15) is 16.3 Å². The molecule has 5 rings (SSSR count). The number of nitrogens with zero attached hydrogens (tertiary/aromatic N) is 2. The number of fused-ring (bicyclic) bond motifs is 4. The van der Waals surface area contributed by atoms with Crippen molar-refractivity contribution in [2.45, 2.75) is 63.0 Å². The molecule has 2 N–H and O–H groups in total. The zero-order valence-electron chi connectivity index (χ0n) is 24.9. The maximum Gasteiger partial charge on any atom is 0.410 e. The number of halogens is 1. The van der Waals surface area contributed by atoms with Crippen LogP contribution in [0.4, 0.5) is 9.18 Å². The van der Waals surface area contributed by atoms with Gasteiger partial charge in [-0.2, -0.15) is 0 Å². The minimum atomic E-state index is -4.23. The number of hydrogen-bond acceptors (Lipinski definition) is 7. The van der Waals surface area contributed by atoms with Crippen LogP contribution in [0, 0.1) is 23.1 Å². The smallest absolute Gasteiger partial charge is 0.410 e. The lowest BCUT2D eigenvalue weighted by molar-refractivity contribution is -0.134. The van der Waals surface area contributed by atoms with Crippen LogP contribution in [-0.2, 0) is 24.3 Å². The van der Waals surface area contributed by atoms with E-state index in [4.69, 9.17) is 9.47 Å². The van der Waals surface area contributed by atoms with Crippen LogP contribution >= 0.6 is 0 Å². The minimum absolute atomic E-state index is 0.00272. The Morgan fingerprint density at radius 2 is 1.95 bits per heavy atom. The van der Waals surface area contributed by atoms with E-state index < -0.39 is 43.8 Å². The number of likely N-dealkylation sites (tertiary alicyclic amines) is 1. The second-order valence-corrected chi connectivity index (χ2v) is 14.9. The molecule has 4 aliphatic rings. The fraction of sp³-hybridized carbons (Fsp3) is 0.633. The van der Waals surface area contributed by atoms with Crippen LogP contribution in [-0.4, -0.2) is 93.7 Å². The number of hydrogen-bond donors (Lipinski definition) is 2. The van der Waals surface area contributed by atoms with Gasteiger partial charge in [0, 0.05) is 38.3 Å². The Morgan fingerprint density at radius 3 is 2.67 bits per heavy atom. The molecule has 3 aliphatic heterocycles. The first-order valence-electron chi connectivity index (χ1n) is 14.9. The van der Waals surface area contributed by atoms with E-state index in [0.29, 0.717) is 25.4 Å². The normalized spacial score (nSPS) is 29.2. The number of rotatable bonds is 2. The summed E-state index contributed by atoms with van der Waals surface area (Å²) in [5, 5.41) is 3.21. The van der Waals surface area contributed by atoms with Crippen molar-refractivity contribution in [2.75, 3.05) is 45.9 Å². The number of sulfonamides is 1. The Morgan fingerprint density at radius 1 is 1.19 bits per heavy atom. The van der Waals surface area contributed by atoms with Gasteiger partial charge in [0.15, 0.2) is 0 Å². The van der Waals surface area contributed by atoms with Crippen molar-refractivity contribution in [3.05, 3.63) is 41.7 Å². The molecule has 4 bridgehead atoms. The van der Waals surface area contributed by atoms with Crippen molar-refractivity contribution in [2.24, 2.45) is 17.3 Å². The third-order valence-electron chi connectivity index (χ3n) is 8.48. The Labute approximate surface area is 252 Å². The van der Waals surface area contributed by atoms with Crippen LogP contribution in [0.15, 0.2) is 35.2 Å². The summed E-state index contributed by atoms with van der Waals surface area (Å²) < 4.78 is 54.1. The largest absolute Gasteiger partial charge is 0.444 e. The molecule has 1 spiro atoms. The van der Waals surface area contributed by atoms with E-state index in [1.54, 1.807) is 31.7 Å². The second-order valence-electron chi connectivity index (χ2n) is 13.1. The molecule has 0 aromatic heterocycles. The second kappa shape index (κ2) is 12.2. The van der Waals surface area contributed by atoms with Crippen molar-refractivity contribution < 1.29 is 36.7 Å². The number of nitrogens with one attached hydrogen (secondary N) is 2. The SMILES string of the molecule is CC(C)(C)OC(=O)N1CCC2(COC/C=C/CNS(=O)(=O)c3cc(ccc3F)C(=O)N3C[C@@H](CC4CC4)[C@@H](C3)NC2=O)C1. The van der Waals surface area contributed by atoms with Crippen LogP contribution in [0.25, 0.3) is 0 Å². The molecule has 1 saturated carbocycles. The molecule has 1 aromatic carbocycles. The van der Waals surface area contributed by atoms with E-state index in [0.717, 1.165) is 31.4 Å². The number of carbonyl (C=O) groups is 3. The molecule has 13 heteroatoms. The van der Waals surface area contributed by atoms with Gasteiger partial charge < -0.3 is 24.6 Å². The number of carbonyl (C=O) groups excluding carboxylic acids is 3. The molecule has 1 aliphatic carbocycles. The lowest BCUT2D eigenvalue weighted by Crippen LogP contribution is -2.52. The van der Waals surface area contributed by atoms with Gasteiger partial charge in [0.25, 0.3) is 5.91 Å². The Balaban J connectivity index is 1.43. The molecule has 1 aromatic rings. The van der Waals surface area contributed by atoms with Gasteiger partial charge in [0.05, 0.1) is 24.7 Å². The van der Waals surface area contributed by atoms with Crippen molar-refractivity contribution in [1.29, 1.82) is 0 Å². The molecule has 43 heavy (non-hydrogen) atoms. The first kappa shape index (κ1) is 31.4. The fourth-order valence-corrected chi connectivity index (χ4v) is 7.08. The maximum absolute atomic E-state index is 14.6. The highest BCUT2D eigenvalue weighted by molar-refractivity contribution is 7.89. The van der Waals surface area contributed by atoms with Crippen molar-refractivity contribution in [3.8, 4) is 0 Å². The minimum Gasteiger partial charge on any atom is -0.444 e. The summed E-state index contributed by atoms with van der Waals surface area (Å²) in [6, 6.07) is 3.00. The Kier molecular flexibility index (Phi) is 8.88. The zero-order chi connectivity index (χ0) is 31.0. The van der Waals surface area contributed by atoms with Gasteiger partial charge in [-0.3, -0.25) is 9.59 Å². The third-order valence-corrected chi connectivity index (χ3v) is 9.92. The average molecular weight is 621 g/mol. The van der Waals surface area contributed by atoms with E-state index in [1.165, 1.54) is 17.0 Å². The predicted octanol–water partition coefficient (Wildman–Crippen LogP) is 2.67. The molecule has 3 fully saturated rings. The van der Waals surface area contributed by atoms with Crippen molar-refractivity contribution in [1.82, 2.24) is 19.8 Å². The summed E-state index contributed by atoms with van der Waals surface area (Å²) in [5.41, 5.74) is -1.65. The summed E-state index contributed by atoms with van der Waals surface area (Å²) in [6.45, 7) is 6.44. The van der Waals surface area contributed by atoms with Gasteiger partial charge in [0.2, 0.25) is 15.9 Å². The van der Waals surface area contributed by atoms with E-state index in [1.807, 2.05) is 0 Å². The highest BCUT2D eigenvalue weighted by Gasteiger charge is 2.49. The fourth-order valence-electron chi connectivity index (χ4n) is 6.00. The molecular formula is C30H41FN4O7S. The average Bonchev–Trinajstić information content (AvgIpc) is 3.49. The molecule has 0 radical (unpaired) electrons. The van der Waals surface area contributed by atoms with E-state index >= 15 is 0 Å². The van der Waals surface area contributed by atoms with E-state index in [9.17, 15) is 27.2 Å². The summed E-state index contributed by atoms with van der Waals surface area (Å²) in [5.74, 6) is -1.08. The Bertz CT molecular complexity index is 1390. The van der Waals surface area contributed by atoms with Gasteiger partial charge in [-0.15, -0.1) is 0 Å². The van der Waals surface area contributed by atoms with Crippen molar-refractivity contribution in [3.63, 3.8) is 0 Å².